The lowest BCUT2D eigenvalue weighted by Crippen LogP contribution is -2.43. The van der Waals surface area contributed by atoms with Crippen LogP contribution in [0.3, 0.4) is 0 Å². The van der Waals surface area contributed by atoms with Crippen molar-refractivity contribution >= 4 is 29.3 Å². The van der Waals surface area contributed by atoms with Gasteiger partial charge in [-0.1, -0.05) is 35.9 Å². The maximum Gasteiger partial charge on any atom is 0.261 e. The highest BCUT2D eigenvalue weighted by Gasteiger charge is 2.35. The third-order valence-electron chi connectivity index (χ3n) is 5.09. The summed E-state index contributed by atoms with van der Waals surface area (Å²) >= 11 is 5.93. The molecular weight excluding hydrogens is 380 g/mol. The molecule has 3 amide bonds. The van der Waals surface area contributed by atoms with Crippen LogP contribution < -0.4 is 0 Å². The smallest absolute Gasteiger partial charge is 0.261 e. The number of morpholine rings is 1. The van der Waals surface area contributed by atoms with Crippen molar-refractivity contribution in [3.05, 3.63) is 70.2 Å². The van der Waals surface area contributed by atoms with Crippen LogP contribution in [0.4, 0.5) is 0 Å². The van der Waals surface area contributed by atoms with Crippen LogP contribution in [-0.2, 0) is 9.53 Å². The molecule has 2 aromatic carbocycles. The van der Waals surface area contributed by atoms with Gasteiger partial charge < -0.3 is 9.64 Å². The lowest BCUT2D eigenvalue weighted by atomic mass is 10.1. The number of carbonyl (C=O) groups is 3. The number of benzene rings is 2. The molecule has 4 rings (SSSR count). The molecule has 6 nitrogen and oxygen atoms in total. The van der Waals surface area contributed by atoms with Gasteiger partial charge in [-0.15, -0.1) is 0 Å². The number of halogens is 1. The molecule has 1 atom stereocenters. The van der Waals surface area contributed by atoms with Crippen molar-refractivity contribution in [2.24, 2.45) is 0 Å². The third kappa shape index (κ3) is 3.53. The molecule has 2 aromatic rings. The number of imide groups is 1. The van der Waals surface area contributed by atoms with Crippen LogP contribution >= 0.6 is 11.6 Å². The van der Waals surface area contributed by atoms with Gasteiger partial charge in [0.05, 0.1) is 24.3 Å². The Morgan fingerprint density at radius 2 is 1.68 bits per heavy atom. The van der Waals surface area contributed by atoms with Crippen molar-refractivity contribution in [2.75, 3.05) is 26.2 Å². The highest BCUT2D eigenvalue weighted by atomic mass is 35.5. The van der Waals surface area contributed by atoms with Crippen LogP contribution in [0.15, 0.2) is 48.5 Å². The summed E-state index contributed by atoms with van der Waals surface area (Å²) < 4.78 is 5.78. The van der Waals surface area contributed by atoms with Crippen LogP contribution in [0.1, 0.15) is 38.8 Å². The SMILES string of the molecule is O=C(CCN1C(=O)c2ccccc2C1=O)N1CCOC(c2ccc(Cl)cc2)C1. The molecule has 2 aliphatic rings. The quantitative estimate of drug-likeness (QED) is 0.743. The minimum absolute atomic E-state index is 0.0775. The summed E-state index contributed by atoms with van der Waals surface area (Å²) in [7, 11) is 0. The summed E-state index contributed by atoms with van der Waals surface area (Å²) in [4.78, 5) is 40.4. The predicted molar refractivity (Wildman–Crippen MR) is 103 cm³/mol. The standard InChI is InChI=1S/C21H19ClN2O4/c22-15-7-5-14(6-8-15)18-13-23(11-12-28-18)19(25)9-10-24-20(26)16-3-1-2-4-17(16)21(24)27/h1-8,18H,9-13H2. The van der Waals surface area contributed by atoms with E-state index in [0.29, 0.717) is 35.8 Å². The first-order chi connectivity index (χ1) is 13.5. The van der Waals surface area contributed by atoms with Gasteiger partial charge >= 0.3 is 0 Å². The van der Waals surface area contributed by atoms with Crippen molar-refractivity contribution in [3.63, 3.8) is 0 Å². The van der Waals surface area contributed by atoms with E-state index in [2.05, 4.69) is 0 Å². The molecule has 2 heterocycles. The van der Waals surface area contributed by atoms with Gasteiger partial charge in [-0.05, 0) is 29.8 Å². The number of amides is 3. The molecule has 1 saturated heterocycles. The van der Waals surface area contributed by atoms with Crippen molar-refractivity contribution in [1.29, 1.82) is 0 Å². The van der Waals surface area contributed by atoms with Crippen molar-refractivity contribution in [2.45, 2.75) is 12.5 Å². The van der Waals surface area contributed by atoms with Gasteiger partial charge in [-0.3, -0.25) is 19.3 Å². The molecule has 0 bridgehead atoms. The summed E-state index contributed by atoms with van der Waals surface area (Å²) in [5.41, 5.74) is 1.76. The molecule has 0 spiro atoms. The van der Waals surface area contributed by atoms with E-state index in [4.69, 9.17) is 16.3 Å². The molecule has 0 saturated carbocycles. The highest BCUT2D eigenvalue weighted by molar-refractivity contribution is 6.30. The van der Waals surface area contributed by atoms with E-state index < -0.39 is 0 Å². The topological polar surface area (TPSA) is 66.9 Å². The van der Waals surface area contributed by atoms with E-state index in [-0.39, 0.29) is 36.8 Å². The zero-order valence-electron chi connectivity index (χ0n) is 15.1. The Balaban J connectivity index is 1.37. The first-order valence-electron chi connectivity index (χ1n) is 9.14. The second-order valence-corrected chi connectivity index (χ2v) is 7.24. The second kappa shape index (κ2) is 7.73. The Bertz CT molecular complexity index is 893. The number of nitrogens with zero attached hydrogens (tertiary/aromatic N) is 2. The number of ether oxygens (including phenoxy) is 1. The molecule has 2 aliphatic heterocycles. The first kappa shape index (κ1) is 18.7. The molecule has 0 N–H and O–H groups in total. The molecule has 144 valence electrons. The average Bonchev–Trinajstić information content (AvgIpc) is 2.97. The van der Waals surface area contributed by atoms with Gasteiger partial charge in [0.25, 0.3) is 11.8 Å². The normalized spacial score (nSPS) is 19.1. The van der Waals surface area contributed by atoms with Crippen molar-refractivity contribution in [3.8, 4) is 0 Å². The van der Waals surface area contributed by atoms with Gasteiger partial charge in [-0.2, -0.15) is 0 Å². The Labute approximate surface area is 167 Å². The second-order valence-electron chi connectivity index (χ2n) is 6.81. The summed E-state index contributed by atoms with van der Waals surface area (Å²) in [5, 5.41) is 0.647. The van der Waals surface area contributed by atoms with Gasteiger partial charge in [0.15, 0.2) is 0 Å². The molecular formula is C21H19ClN2O4. The van der Waals surface area contributed by atoms with Crippen LogP contribution in [0.25, 0.3) is 0 Å². The maximum absolute atomic E-state index is 12.7. The predicted octanol–water partition coefficient (Wildman–Crippen LogP) is 2.93. The minimum atomic E-state index is -0.339. The monoisotopic (exact) mass is 398 g/mol. The van der Waals surface area contributed by atoms with E-state index in [1.54, 1.807) is 41.3 Å². The number of hydrogen-bond acceptors (Lipinski definition) is 4. The Morgan fingerprint density at radius 3 is 2.32 bits per heavy atom. The van der Waals surface area contributed by atoms with Crippen molar-refractivity contribution < 1.29 is 19.1 Å². The van der Waals surface area contributed by atoms with Gasteiger partial charge in [0, 0.05) is 24.5 Å². The molecule has 1 fully saturated rings. The average molecular weight is 399 g/mol. The summed E-state index contributed by atoms with van der Waals surface area (Å²) in [6.45, 7) is 1.44. The fourth-order valence-corrected chi connectivity index (χ4v) is 3.69. The zero-order valence-corrected chi connectivity index (χ0v) is 15.9. The van der Waals surface area contributed by atoms with Crippen LogP contribution in [0.5, 0.6) is 0 Å². The first-order valence-corrected chi connectivity index (χ1v) is 9.52. The number of hydrogen-bond donors (Lipinski definition) is 0. The van der Waals surface area contributed by atoms with Crippen LogP contribution in [0.2, 0.25) is 5.02 Å². The Kier molecular flexibility index (Phi) is 5.15. The van der Waals surface area contributed by atoms with E-state index in [0.717, 1.165) is 10.5 Å². The Morgan fingerprint density at radius 1 is 1.04 bits per heavy atom. The molecule has 28 heavy (non-hydrogen) atoms. The minimum Gasteiger partial charge on any atom is -0.370 e. The molecule has 1 unspecified atom stereocenters. The highest BCUT2D eigenvalue weighted by Crippen LogP contribution is 2.25. The van der Waals surface area contributed by atoms with E-state index in [9.17, 15) is 14.4 Å². The summed E-state index contributed by atoms with van der Waals surface area (Å²) in [5.74, 6) is -0.775. The number of carbonyl (C=O) groups excluding carboxylic acids is 3. The summed E-state index contributed by atoms with van der Waals surface area (Å²) in [6.07, 6.45) is -0.118. The molecule has 0 aliphatic carbocycles. The van der Waals surface area contributed by atoms with Crippen LogP contribution in [-0.4, -0.2) is 53.8 Å². The third-order valence-corrected chi connectivity index (χ3v) is 5.34. The fourth-order valence-electron chi connectivity index (χ4n) is 3.56. The van der Waals surface area contributed by atoms with E-state index >= 15 is 0 Å². The van der Waals surface area contributed by atoms with Gasteiger partial charge in [0.1, 0.15) is 6.10 Å². The lowest BCUT2D eigenvalue weighted by Gasteiger charge is -2.33. The van der Waals surface area contributed by atoms with Crippen LogP contribution in [0, 0.1) is 0 Å². The zero-order chi connectivity index (χ0) is 19.7. The van der Waals surface area contributed by atoms with E-state index in [1.165, 1.54) is 0 Å². The van der Waals surface area contributed by atoms with Gasteiger partial charge in [-0.25, -0.2) is 0 Å². The van der Waals surface area contributed by atoms with Crippen molar-refractivity contribution in [1.82, 2.24) is 9.80 Å². The molecule has 0 radical (unpaired) electrons. The van der Waals surface area contributed by atoms with Gasteiger partial charge in [0.2, 0.25) is 5.91 Å². The molecule has 0 aromatic heterocycles. The largest absolute Gasteiger partial charge is 0.370 e. The lowest BCUT2D eigenvalue weighted by molar-refractivity contribution is -0.139. The summed E-state index contributed by atoms with van der Waals surface area (Å²) in [6, 6.07) is 14.1. The Hall–Kier alpha value is -2.70. The fraction of sp³-hybridized carbons (Fsp3) is 0.286. The number of rotatable bonds is 4. The van der Waals surface area contributed by atoms with E-state index in [1.807, 2.05) is 12.1 Å². The number of fused-ring (bicyclic) bond motifs is 1. The maximum atomic E-state index is 12.7. The molecule has 7 heteroatoms.